The van der Waals surface area contributed by atoms with Crippen LogP contribution in [0, 0.1) is 6.92 Å². The fourth-order valence-electron chi connectivity index (χ4n) is 3.03. The third-order valence-corrected chi connectivity index (χ3v) is 4.41. The van der Waals surface area contributed by atoms with Crippen molar-refractivity contribution in [1.82, 2.24) is 9.97 Å². The summed E-state index contributed by atoms with van der Waals surface area (Å²) < 4.78 is 5.28. The minimum atomic E-state index is 0.792. The zero-order chi connectivity index (χ0) is 19.1. The van der Waals surface area contributed by atoms with Crippen LogP contribution in [0.2, 0.25) is 0 Å². The van der Waals surface area contributed by atoms with Crippen molar-refractivity contribution in [2.45, 2.75) is 20.3 Å². The molecule has 0 radical (unpaired) electrons. The molecule has 0 unspecified atom stereocenters. The number of anilines is 3. The first kappa shape index (κ1) is 18.7. The molecule has 0 fully saturated rings. The number of methoxy groups -OCH3 is 1. The van der Waals surface area contributed by atoms with E-state index in [1.165, 1.54) is 11.1 Å². The highest BCUT2D eigenvalue weighted by molar-refractivity contribution is 5.62. The Morgan fingerprint density at radius 2 is 1.89 bits per heavy atom. The molecule has 0 aliphatic heterocycles. The van der Waals surface area contributed by atoms with E-state index in [-0.39, 0.29) is 0 Å². The molecule has 1 heterocycles. The molecule has 3 aromatic rings. The van der Waals surface area contributed by atoms with Gasteiger partial charge in [0.2, 0.25) is 0 Å². The number of benzene rings is 2. The van der Waals surface area contributed by atoms with Gasteiger partial charge in [-0.2, -0.15) is 0 Å². The minimum Gasteiger partial charge on any atom is -0.497 e. The molecule has 5 nitrogen and oxygen atoms in total. The van der Waals surface area contributed by atoms with Crippen LogP contribution in [0.1, 0.15) is 18.1 Å². The molecule has 0 saturated heterocycles. The molecular formula is C22H26N4O. The normalized spacial score (nSPS) is 10.5. The van der Waals surface area contributed by atoms with E-state index in [0.717, 1.165) is 42.6 Å². The SMILES string of the molecule is CCN(c1cccc(C)c1)c1cc(NCCc2cccc(OC)c2)ncn1. The molecule has 1 aromatic heterocycles. The summed E-state index contributed by atoms with van der Waals surface area (Å²) in [7, 11) is 1.69. The van der Waals surface area contributed by atoms with Crippen LogP contribution in [0.25, 0.3) is 0 Å². The highest BCUT2D eigenvalue weighted by Gasteiger charge is 2.10. The summed E-state index contributed by atoms with van der Waals surface area (Å²) >= 11 is 0. The first-order valence-electron chi connectivity index (χ1n) is 9.22. The van der Waals surface area contributed by atoms with Gasteiger partial charge in [-0.05, 0) is 55.7 Å². The third-order valence-electron chi connectivity index (χ3n) is 4.41. The van der Waals surface area contributed by atoms with E-state index in [4.69, 9.17) is 4.74 Å². The predicted octanol–water partition coefficient (Wildman–Crippen LogP) is 4.61. The molecule has 0 saturated carbocycles. The summed E-state index contributed by atoms with van der Waals surface area (Å²) in [6.45, 7) is 5.85. The van der Waals surface area contributed by atoms with Crippen LogP contribution >= 0.6 is 0 Å². The number of ether oxygens (including phenoxy) is 1. The molecule has 140 valence electrons. The van der Waals surface area contributed by atoms with Crippen LogP contribution in [0.5, 0.6) is 5.75 Å². The maximum absolute atomic E-state index is 5.28. The first-order valence-corrected chi connectivity index (χ1v) is 9.22. The first-order chi connectivity index (χ1) is 13.2. The second kappa shape index (κ2) is 9.03. The predicted molar refractivity (Wildman–Crippen MR) is 111 cm³/mol. The van der Waals surface area contributed by atoms with Gasteiger partial charge in [0.1, 0.15) is 23.7 Å². The molecular weight excluding hydrogens is 336 g/mol. The number of nitrogens with one attached hydrogen (secondary N) is 1. The van der Waals surface area contributed by atoms with Gasteiger partial charge in [0, 0.05) is 24.8 Å². The van der Waals surface area contributed by atoms with Gasteiger partial charge in [0.15, 0.2) is 0 Å². The lowest BCUT2D eigenvalue weighted by atomic mass is 10.1. The molecule has 0 aliphatic rings. The molecule has 0 amide bonds. The van der Waals surface area contributed by atoms with Gasteiger partial charge in [0.25, 0.3) is 0 Å². The monoisotopic (exact) mass is 362 g/mol. The van der Waals surface area contributed by atoms with Gasteiger partial charge in [-0.25, -0.2) is 9.97 Å². The summed E-state index contributed by atoms with van der Waals surface area (Å²) in [5.74, 6) is 2.60. The number of rotatable bonds is 8. The molecule has 0 aliphatic carbocycles. The lowest BCUT2D eigenvalue weighted by molar-refractivity contribution is 0.414. The maximum atomic E-state index is 5.28. The van der Waals surface area contributed by atoms with E-state index < -0.39 is 0 Å². The summed E-state index contributed by atoms with van der Waals surface area (Å²) in [5.41, 5.74) is 3.60. The van der Waals surface area contributed by atoms with Crippen LogP contribution in [0.15, 0.2) is 60.9 Å². The van der Waals surface area contributed by atoms with Crippen molar-refractivity contribution < 1.29 is 4.74 Å². The van der Waals surface area contributed by atoms with Crippen molar-refractivity contribution in [3.05, 3.63) is 72.1 Å². The van der Waals surface area contributed by atoms with E-state index in [9.17, 15) is 0 Å². The van der Waals surface area contributed by atoms with E-state index in [1.807, 2.05) is 18.2 Å². The average Bonchev–Trinajstić information content (AvgIpc) is 2.69. The number of aromatic nitrogens is 2. The number of nitrogens with zero attached hydrogens (tertiary/aromatic N) is 3. The van der Waals surface area contributed by atoms with Crippen molar-refractivity contribution in [3.8, 4) is 5.75 Å². The van der Waals surface area contributed by atoms with Crippen molar-refractivity contribution in [3.63, 3.8) is 0 Å². The average molecular weight is 362 g/mol. The molecule has 2 aromatic carbocycles. The van der Waals surface area contributed by atoms with Crippen LogP contribution in [-0.4, -0.2) is 30.2 Å². The number of hydrogen-bond acceptors (Lipinski definition) is 5. The van der Waals surface area contributed by atoms with Gasteiger partial charge < -0.3 is 15.0 Å². The van der Waals surface area contributed by atoms with Gasteiger partial charge in [-0.1, -0.05) is 24.3 Å². The van der Waals surface area contributed by atoms with Gasteiger partial charge in [-0.15, -0.1) is 0 Å². The quantitative estimate of drug-likeness (QED) is 0.634. The number of hydrogen-bond donors (Lipinski definition) is 1. The summed E-state index contributed by atoms with van der Waals surface area (Å²) in [6, 6.07) is 18.6. The van der Waals surface area contributed by atoms with Gasteiger partial charge in [0.05, 0.1) is 7.11 Å². The van der Waals surface area contributed by atoms with Crippen LogP contribution in [0.4, 0.5) is 17.3 Å². The lowest BCUT2D eigenvalue weighted by Crippen LogP contribution is -2.18. The second-order valence-corrected chi connectivity index (χ2v) is 6.37. The molecule has 3 rings (SSSR count). The minimum absolute atomic E-state index is 0.792. The summed E-state index contributed by atoms with van der Waals surface area (Å²) in [6.07, 6.45) is 2.51. The molecule has 27 heavy (non-hydrogen) atoms. The standard InChI is InChI=1S/C22H26N4O/c1-4-26(19-9-5-7-17(2)13-19)22-15-21(24-16-25-22)23-12-11-18-8-6-10-20(14-18)27-3/h5-10,13-16H,4,11-12H2,1-3H3,(H,23,24,25). The number of aryl methyl sites for hydroxylation is 1. The topological polar surface area (TPSA) is 50.3 Å². The van der Waals surface area contributed by atoms with Crippen LogP contribution in [-0.2, 0) is 6.42 Å². The smallest absolute Gasteiger partial charge is 0.138 e. The van der Waals surface area contributed by atoms with Crippen LogP contribution < -0.4 is 15.0 Å². The Kier molecular flexibility index (Phi) is 6.26. The molecule has 5 heteroatoms. The van der Waals surface area contributed by atoms with Crippen molar-refractivity contribution in [2.24, 2.45) is 0 Å². The van der Waals surface area contributed by atoms with Crippen LogP contribution in [0.3, 0.4) is 0 Å². The highest BCUT2D eigenvalue weighted by atomic mass is 16.5. The molecule has 0 bridgehead atoms. The van der Waals surface area contributed by atoms with Crippen molar-refractivity contribution in [1.29, 1.82) is 0 Å². The fourth-order valence-corrected chi connectivity index (χ4v) is 3.03. The molecule has 0 spiro atoms. The van der Waals surface area contributed by atoms with E-state index in [1.54, 1.807) is 13.4 Å². The zero-order valence-electron chi connectivity index (χ0n) is 16.1. The van der Waals surface area contributed by atoms with Gasteiger partial charge in [-0.3, -0.25) is 0 Å². The Balaban J connectivity index is 1.67. The zero-order valence-corrected chi connectivity index (χ0v) is 16.1. The van der Waals surface area contributed by atoms with Crippen molar-refractivity contribution >= 4 is 17.3 Å². The summed E-state index contributed by atoms with van der Waals surface area (Å²) in [5, 5.41) is 3.39. The Bertz CT molecular complexity index is 881. The maximum Gasteiger partial charge on any atom is 0.138 e. The highest BCUT2D eigenvalue weighted by Crippen LogP contribution is 2.25. The fraction of sp³-hybridized carbons (Fsp3) is 0.273. The summed E-state index contributed by atoms with van der Waals surface area (Å²) in [4.78, 5) is 11.0. The van der Waals surface area contributed by atoms with E-state index in [0.29, 0.717) is 0 Å². The van der Waals surface area contributed by atoms with Gasteiger partial charge >= 0.3 is 0 Å². The molecule has 0 atom stereocenters. The van der Waals surface area contributed by atoms with Crippen molar-refractivity contribution in [2.75, 3.05) is 30.4 Å². The Hall–Kier alpha value is -3.08. The second-order valence-electron chi connectivity index (χ2n) is 6.37. The Morgan fingerprint density at radius 1 is 1.04 bits per heavy atom. The Labute approximate surface area is 161 Å². The Morgan fingerprint density at radius 3 is 2.67 bits per heavy atom. The lowest BCUT2D eigenvalue weighted by Gasteiger charge is -2.22. The largest absolute Gasteiger partial charge is 0.497 e. The van der Waals surface area contributed by atoms with E-state index >= 15 is 0 Å². The molecule has 1 N–H and O–H groups in total. The van der Waals surface area contributed by atoms with E-state index in [2.05, 4.69) is 70.4 Å². The third kappa shape index (κ3) is 4.97.